The second-order valence-electron chi connectivity index (χ2n) is 4.47. The lowest BCUT2D eigenvalue weighted by atomic mass is 10.1. The minimum atomic E-state index is -1.11. The Morgan fingerprint density at radius 3 is 2.39 bits per heavy atom. The van der Waals surface area contributed by atoms with E-state index in [4.69, 9.17) is 24.1 Å². The highest BCUT2D eigenvalue weighted by Gasteiger charge is 2.55. The maximum atomic E-state index is 9.58. The Labute approximate surface area is 108 Å². The summed E-state index contributed by atoms with van der Waals surface area (Å²) in [7, 11) is 0. The van der Waals surface area contributed by atoms with Crippen LogP contribution in [0.4, 0.5) is 0 Å². The van der Waals surface area contributed by atoms with E-state index < -0.39 is 23.8 Å². The average molecular weight is 264 g/mol. The first kappa shape index (κ1) is 15.8. The molecule has 0 spiro atoms. The quantitative estimate of drug-likeness (QED) is 0.642. The first-order chi connectivity index (χ1) is 8.42. The van der Waals surface area contributed by atoms with Gasteiger partial charge >= 0.3 is 0 Å². The topological polar surface area (TPSA) is 77.4 Å². The SMILES string of the molecule is CCOC(C)(OCC)C1(C)OCC(C(O)CO)O1. The molecule has 1 aliphatic heterocycles. The van der Waals surface area contributed by atoms with Crippen LogP contribution in [0.15, 0.2) is 0 Å². The number of ether oxygens (including phenoxy) is 4. The van der Waals surface area contributed by atoms with E-state index >= 15 is 0 Å². The Bertz CT molecular complexity index is 253. The van der Waals surface area contributed by atoms with E-state index in [9.17, 15) is 5.11 Å². The zero-order valence-electron chi connectivity index (χ0n) is 11.5. The summed E-state index contributed by atoms with van der Waals surface area (Å²) in [6, 6.07) is 0. The van der Waals surface area contributed by atoms with E-state index in [-0.39, 0.29) is 13.2 Å². The molecule has 3 unspecified atom stereocenters. The standard InChI is InChI=1S/C12H24O6/c1-5-15-11(3,16-6-2)12(4)17-8-10(18-12)9(14)7-13/h9-10,13-14H,5-8H2,1-4H3. The van der Waals surface area contributed by atoms with Crippen LogP contribution in [0.2, 0.25) is 0 Å². The van der Waals surface area contributed by atoms with Gasteiger partial charge in [0.05, 0.1) is 13.2 Å². The maximum absolute atomic E-state index is 9.58. The zero-order valence-corrected chi connectivity index (χ0v) is 11.5. The summed E-state index contributed by atoms with van der Waals surface area (Å²) in [5.41, 5.74) is 0. The van der Waals surface area contributed by atoms with E-state index in [2.05, 4.69) is 0 Å². The van der Waals surface area contributed by atoms with Gasteiger partial charge in [0.15, 0.2) is 0 Å². The van der Waals surface area contributed by atoms with Gasteiger partial charge in [-0.25, -0.2) is 0 Å². The molecule has 0 bridgehead atoms. The number of hydrogen-bond acceptors (Lipinski definition) is 6. The molecule has 0 aromatic carbocycles. The number of rotatable bonds is 7. The molecule has 0 aliphatic carbocycles. The predicted octanol–water partition coefficient (Wildman–Crippen LogP) is 0.260. The molecule has 18 heavy (non-hydrogen) atoms. The number of hydrogen-bond donors (Lipinski definition) is 2. The van der Waals surface area contributed by atoms with Crippen LogP contribution in [-0.2, 0) is 18.9 Å². The van der Waals surface area contributed by atoms with E-state index in [0.717, 1.165) is 0 Å². The Kier molecular flexibility index (Phi) is 5.51. The number of aliphatic hydroxyl groups excluding tert-OH is 2. The van der Waals surface area contributed by atoms with Crippen molar-refractivity contribution in [2.24, 2.45) is 0 Å². The van der Waals surface area contributed by atoms with Gasteiger partial charge in [0.1, 0.15) is 12.2 Å². The van der Waals surface area contributed by atoms with Crippen molar-refractivity contribution in [3.8, 4) is 0 Å². The summed E-state index contributed by atoms with van der Waals surface area (Å²) in [5.74, 6) is -2.17. The highest BCUT2D eigenvalue weighted by Crippen LogP contribution is 2.38. The molecular weight excluding hydrogens is 240 g/mol. The molecule has 0 saturated carbocycles. The fraction of sp³-hybridized carbons (Fsp3) is 1.00. The molecule has 3 atom stereocenters. The normalized spacial score (nSPS) is 30.7. The molecule has 6 nitrogen and oxygen atoms in total. The van der Waals surface area contributed by atoms with Crippen LogP contribution in [0.25, 0.3) is 0 Å². The summed E-state index contributed by atoms with van der Waals surface area (Å²) in [4.78, 5) is 0. The Hall–Kier alpha value is -0.240. The van der Waals surface area contributed by atoms with Gasteiger partial charge in [-0.3, -0.25) is 0 Å². The van der Waals surface area contributed by atoms with Crippen molar-refractivity contribution >= 4 is 0 Å². The Morgan fingerprint density at radius 2 is 1.94 bits per heavy atom. The molecule has 0 radical (unpaired) electrons. The molecule has 1 rings (SSSR count). The van der Waals surface area contributed by atoms with Crippen molar-refractivity contribution in [2.45, 2.75) is 51.5 Å². The predicted molar refractivity (Wildman–Crippen MR) is 64.0 cm³/mol. The van der Waals surface area contributed by atoms with Gasteiger partial charge in [0, 0.05) is 13.2 Å². The summed E-state index contributed by atoms with van der Waals surface area (Å²) < 4.78 is 22.5. The van der Waals surface area contributed by atoms with Gasteiger partial charge in [0.25, 0.3) is 0 Å². The van der Waals surface area contributed by atoms with Crippen LogP contribution >= 0.6 is 0 Å². The molecule has 0 aromatic rings. The van der Waals surface area contributed by atoms with Gasteiger partial charge in [-0.1, -0.05) is 0 Å². The number of aliphatic hydroxyl groups is 2. The minimum Gasteiger partial charge on any atom is -0.394 e. The summed E-state index contributed by atoms with van der Waals surface area (Å²) >= 11 is 0. The first-order valence-electron chi connectivity index (χ1n) is 6.31. The van der Waals surface area contributed by atoms with E-state index in [0.29, 0.717) is 13.2 Å². The van der Waals surface area contributed by atoms with Crippen molar-refractivity contribution in [3.63, 3.8) is 0 Å². The summed E-state index contributed by atoms with van der Waals surface area (Å²) in [6.07, 6.45) is -1.56. The highest BCUT2D eigenvalue weighted by atomic mass is 16.8. The van der Waals surface area contributed by atoms with Crippen molar-refractivity contribution in [1.82, 2.24) is 0 Å². The van der Waals surface area contributed by atoms with Crippen LogP contribution < -0.4 is 0 Å². The van der Waals surface area contributed by atoms with Gasteiger partial charge in [0.2, 0.25) is 11.6 Å². The molecule has 6 heteroatoms. The third-order valence-corrected chi connectivity index (χ3v) is 3.18. The third kappa shape index (κ3) is 3.01. The fourth-order valence-corrected chi connectivity index (χ4v) is 2.00. The van der Waals surface area contributed by atoms with Crippen LogP contribution in [0.1, 0.15) is 27.7 Å². The average Bonchev–Trinajstić information content (AvgIpc) is 2.73. The molecular formula is C12H24O6. The van der Waals surface area contributed by atoms with Gasteiger partial charge < -0.3 is 29.2 Å². The summed E-state index contributed by atoms with van der Waals surface area (Å²) in [6.45, 7) is 7.89. The lowest BCUT2D eigenvalue weighted by molar-refractivity contribution is -0.370. The monoisotopic (exact) mass is 264 g/mol. The lowest BCUT2D eigenvalue weighted by Crippen LogP contribution is -2.55. The fourth-order valence-electron chi connectivity index (χ4n) is 2.00. The van der Waals surface area contributed by atoms with E-state index in [1.807, 2.05) is 13.8 Å². The molecule has 108 valence electrons. The third-order valence-electron chi connectivity index (χ3n) is 3.18. The Morgan fingerprint density at radius 1 is 1.39 bits per heavy atom. The van der Waals surface area contributed by atoms with Crippen molar-refractivity contribution in [3.05, 3.63) is 0 Å². The molecule has 1 fully saturated rings. The van der Waals surface area contributed by atoms with Gasteiger partial charge in [-0.05, 0) is 27.7 Å². The molecule has 2 N–H and O–H groups in total. The molecule has 0 amide bonds. The molecule has 1 aliphatic rings. The van der Waals surface area contributed by atoms with Crippen LogP contribution in [0.5, 0.6) is 0 Å². The molecule has 1 saturated heterocycles. The smallest absolute Gasteiger partial charge is 0.221 e. The molecule has 1 heterocycles. The minimum absolute atomic E-state index is 0.188. The van der Waals surface area contributed by atoms with Crippen LogP contribution in [0, 0.1) is 0 Å². The largest absolute Gasteiger partial charge is 0.394 e. The zero-order chi connectivity index (χ0) is 13.8. The molecule has 0 aromatic heterocycles. The second-order valence-corrected chi connectivity index (χ2v) is 4.47. The van der Waals surface area contributed by atoms with Crippen molar-refractivity contribution < 1.29 is 29.2 Å². The van der Waals surface area contributed by atoms with Gasteiger partial charge in [-0.2, -0.15) is 0 Å². The van der Waals surface area contributed by atoms with Crippen LogP contribution in [0.3, 0.4) is 0 Å². The lowest BCUT2D eigenvalue weighted by Gasteiger charge is -2.41. The van der Waals surface area contributed by atoms with Crippen molar-refractivity contribution in [2.75, 3.05) is 26.4 Å². The highest BCUT2D eigenvalue weighted by molar-refractivity contribution is 4.89. The first-order valence-corrected chi connectivity index (χ1v) is 6.31. The van der Waals surface area contributed by atoms with E-state index in [1.54, 1.807) is 13.8 Å². The van der Waals surface area contributed by atoms with Crippen LogP contribution in [-0.4, -0.2) is 60.4 Å². The second kappa shape index (κ2) is 6.27. The summed E-state index contributed by atoms with van der Waals surface area (Å²) in [5, 5.41) is 18.5. The maximum Gasteiger partial charge on any atom is 0.221 e. The van der Waals surface area contributed by atoms with E-state index in [1.165, 1.54) is 0 Å². The Balaban J connectivity index is 2.79. The van der Waals surface area contributed by atoms with Gasteiger partial charge in [-0.15, -0.1) is 0 Å². The van der Waals surface area contributed by atoms with Crippen molar-refractivity contribution in [1.29, 1.82) is 0 Å².